The second-order valence-electron chi connectivity index (χ2n) is 20.2. The van der Waals surface area contributed by atoms with E-state index in [1.165, 1.54) is 55.2 Å². The highest BCUT2D eigenvalue weighted by atomic mass is 16.5. The average molecular weight is 754 g/mol. The van der Waals surface area contributed by atoms with E-state index < -0.39 is 17.5 Å². The van der Waals surface area contributed by atoms with E-state index in [0.29, 0.717) is 67.6 Å². The number of allylic oxidation sites excluding steroid dienone is 5. The first-order valence-corrected chi connectivity index (χ1v) is 21.2. The summed E-state index contributed by atoms with van der Waals surface area (Å²) >= 11 is 0. The monoisotopic (exact) mass is 754 g/mol. The van der Waals surface area contributed by atoms with E-state index in [4.69, 9.17) is 9.47 Å². The summed E-state index contributed by atoms with van der Waals surface area (Å²) < 4.78 is 11.2. The van der Waals surface area contributed by atoms with Gasteiger partial charge in [0.15, 0.2) is 0 Å². The summed E-state index contributed by atoms with van der Waals surface area (Å²) in [6.45, 7) is 20.7. The maximum Gasteiger partial charge on any atom is 0.313 e. The lowest BCUT2D eigenvalue weighted by Gasteiger charge is -2.72. The average Bonchev–Trinajstić information content (AvgIpc) is 3.54. The molecule has 8 heteroatoms. The Morgan fingerprint density at radius 3 is 2.49 bits per heavy atom. The molecule has 6 aliphatic rings. The van der Waals surface area contributed by atoms with Gasteiger partial charge in [0, 0.05) is 25.4 Å². The predicted octanol–water partition coefficient (Wildman–Crippen LogP) is 9.06. The van der Waals surface area contributed by atoms with Crippen LogP contribution >= 0.6 is 0 Å². The third-order valence-corrected chi connectivity index (χ3v) is 17.5. The van der Waals surface area contributed by atoms with Crippen LogP contribution in [0.1, 0.15) is 124 Å². The van der Waals surface area contributed by atoms with Crippen LogP contribution in [0.3, 0.4) is 0 Å². The van der Waals surface area contributed by atoms with E-state index in [-0.39, 0.29) is 39.7 Å². The van der Waals surface area contributed by atoms with Crippen molar-refractivity contribution in [2.45, 2.75) is 130 Å². The molecule has 6 aliphatic carbocycles. The van der Waals surface area contributed by atoms with E-state index in [9.17, 15) is 20.3 Å². The Hall–Kier alpha value is -2.99. The lowest BCUT2D eigenvalue weighted by Crippen LogP contribution is -2.68. The molecule has 11 atom stereocenters. The van der Waals surface area contributed by atoms with E-state index >= 15 is 0 Å². The molecule has 0 spiro atoms. The van der Waals surface area contributed by atoms with Gasteiger partial charge in [0.1, 0.15) is 23.7 Å². The summed E-state index contributed by atoms with van der Waals surface area (Å²) in [6, 6.07) is 5.43. The molecule has 2 unspecified atom stereocenters. The first-order valence-electron chi connectivity index (χ1n) is 21.2. The molecule has 0 bridgehead atoms. The fraction of sp³-hybridized carbons (Fsp3) is 0.723. The van der Waals surface area contributed by atoms with E-state index in [0.717, 1.165) is 19.3 Å². The number of nitrogens with one attached hydrogen (secondary N) is 1. The number of hydrogen-bond donors (Lipinski definition) is 3. The van der Waals surface area contributed by atoms with Crippen molar-refractivity contribution in [1.82, 2.24) is 10.3 Å². The van der Waals surface area contributed by atoms with Crippen molar-refractivity contribution in [3.63, 3.8) is 0 Å². The Balaban J connectivity index is 1.13. The minimum Gasteiger partial charge on any atom is -0.481 e. The lowest BCUT2D eigenvalue weighted by molar-refractivity contribution is -0.221. The number of nitriles is 1. The predicted molar refractivity (Wildman–Crippen MR) is 215 cm³/mol. The molecular weight excluding hydrogens is 687 g/mol. The number of methoxy groups -OCH3 is 1. The third kappa shape index (κ3) is 6.25. The van der Waals surface area contributed by atoms with Crippen molar-refractivity contribution < 1.29 is 24.5 Å². The number of carboxylic acid groups (broad SMARTS) is 1. The van der Waals surface area contributed by atoms with Crippen molar-refractivity contribution in [3.8, 4) is 11.9 Å². The minimum atomic E-state index is -1.05. The van der Waals surface area contributed by atoms with Crippen molar-refractivity contribution in [2.75, 3.05) is 26.9 Å². The molecular formula is C47H67N3O5. The largest absolute Gasteiger partial charge is 0.481 e. The number of fused-ring (bicyclic) bond motifs is 7. The van der Waals surface area contributed by atoms with Crippen molar-refractivity contribution in [3.05, 3.63) is 59.3 Å². The number of rotatable bonds is 11. The van der Waals surface area contributed by atoms with Crippen LogP contribution < -0.4 is 10.1 Å². The zero-order valence-electron chi connectivity index (χ0n) is 34.7. The van der Waals surface area contributed by atoms with Gasteiger partial charge in [-0.25, -0.2) is 4.98 Å². The molecule has 55 heavy (non-hydrogen) atoms. The maximum absolute atomic E-state index is 12.8. The van der Waals surface area contributed by atoms with Crippen LogP contribution in [0.2, 0.25) is 0 Å². The number of aliphatic hydroxyl groups is 1. The van der Waals surface area contributed by atoms with Crippen LogP contribution in [0.5, 0.6) is 5.88 Å². The summed E-state index contributed by atoms with van der Waals surface area (Å²) in [4.78, 5) is 17.0. The lowest BCUT2D eigenvalue weighted by atomic mass is 9.33. The van der Waals surface area contributed by atoms with Gasteiger partial charge in [-0.2, -0.15) is 5.26 Å². The van der Waals surface area contributed by atoms with Gasteiger partial charge in [-0.3, -0.25) is 4.79 Å². The van der Waals surface area contributed by atoms with Crippen LogP contribution in [0.15, 0.2) is 53.8 Å². The Kier molecular flexibility index (Phi) is 10.6. The molecule has 300 valence electrons. The molecule has 0 aliphatic heterocycles. The molecule has 0 aromatic carbocycles. The molecule has 1 heterocycles. The van der Waals surface area contributed by atoms with Crippen molar-refractivity contribution in [2.24, 2.45) is 56.7 Å². The van der Waals surface area contributed by atoms with Gasteiger partial charge in [0.25, 0.3) is 0 Å². The van der Waals surface area contributed by atoms with Gasteiger partial charge in [-0.15, -0.1) is 0 Å². The summed E-state index contributed by atoms with van der Waals surface area (Å²) in [7, 11) is 1.66. The summed E-state index contributed by atoms with van der Waals surface area (Å²) in [5.41, 5.74) is 3.99. The standard InChI is InChI=1S/C47H67N3O5/c1-30(2)34-15-22-47(50-27-33(51)28-54-8)24-23-44(6)36(39(34)47)11-12-38-43(5)18-16-35(42(3,4)37(43)17-19-45(38,44)7)31-13-20-46(21-14-31,41(52)53)29-55-40-32(26-48)10-9-25-49-40/h9-10,13,16,25,33-34,36-39,50-51H,1,11-12,14-15,17-24,27-29H2,2-8H3,(H,52,53)/t33-,34-,36+,37-,38?,39+,43-,44+,45+,46-,47?/m0/s1. The number of aromatic nitrogens is 1. The minimum absolute atomic E-state index is 0.0120. The van der Waals surface area contributed by atoms with Gasteiger partial charge < -0.3 is 25.0 Å². The zero-order valence-corrected chi connectivity index (χ0v) is 34.7. The molecule has 7 rings (SSSR count). The SMILES string of the molecule is C=C(C)[C@@H]1CCC2(NC[C@H](O)COC)CC[C@]3(C)[C@H](CCC4[C@@]5(C)CC=C(C6=CC[C@](COc7ncccc7C#N)(C(=O)O)CC6)C(C)(C)[C@@H]5CC[C@]43C)[C@@H]12. The molecule has 1 aromatic heterocycles. The molecule has 3 N–H and O–H groups in total. The van der Waals surface area contributed by atoms with Crippen LogP contribution in [-0.2, 0) is 9.53 Å². The Morgan fingerprint density at radius 2 is 1.82 bits per heavy atom. The fourth-order valence-electron chi connectivity index (χ4n) is 14.5. The third-order valence-electron chi connectivity index (χ3n) is 17.5. The fourth-order valence-corrected chi connectivity index (χ4v) is 14.5. The highest BCUT2D eigenvalue weighted by Gasteiger charge is 2.70. The Labute approximate surface area is 330 Å². The van der Waals surface area contributed by atoms with Crippen molar-refractivity contribution >= 4 is 5.97 Å². The summed E-state index contributed by atoms with van der Waals surface area (Å²) in [6.07, 6.45) is 18.2. The smallest absolute Gasteiger partial charge is 0.313 e. The molecule has 0 saturated heterocycles. The van der Waals surface area contributed by atoms with Gasteiger partial charge in [-0.1, -0.05) is 58.9 Å². The zero-order chi connectivity index (χ0) is 39.6. The number of aliphatic carboxylic acids is 1. The number of carbonyl (C=O) groups is 1. The van der Waals surface area contributed by atoms with Gasteiger partial charge in [-0.05, 0) is 159 Å². The van der Waals surface area contributed by atoms with Crippen LogP contribution in [0, 0.1) is 68.0 Å². The van der Waals surface area contributed by atoms with Gasteiger partial charge >= 0.3 is 5.97 Å². The number of aliphatic hydroxyl groups excluding tert-OH is 1. The molecule has 8 nitrogen and oxygen atoms in total. The summed E-state index contributed by atoms with van der Waals surface area (Å²) in [5.74, 6) is 2.19. The number of β-amino-alcohol motifs (C(OH)–C–C–N with tert-alkyl or cyclic N) is 1. The number of hydrogen-bond acceptors (Lipinski definition) is 7. The second-order valence-corrected chi connectivity index (χ2v) is 20.2. The van der Waals surface area contributed by atoms with E-state index in [2.05, 4.69) is 76.6 Å². The Morgan fingerprint density at radius 1 is 1.04 bits per heavy atom. The molecule has 1 aromatic rings. The maximum atomic E-state index is 12.8. The molecule has 0 amide bonds. The van der Waals surface area contributed by atoms with Crippen LogP contribution in [0.4, 0.5) is 0 Å². The van der Waals surface area contributed by atoms with E-state index in [1.807, 2.05) is 0 Å². The highest BCUT2D eigenvalue weighted by molar-refractivity contribution is 5.75. The number of nitrogens with zero attached hydrogens (tertiary/aromatic N) is 2. The number of carboxylic acids is 1. The van der Waals surface area contributed by atoms with Gasteiger partial charge in [0.2, 0.25) is 5.88 Å². The first kappa shape index (κ1) is 40.2. The normalized spacial score (nSPS) is 40.9. The van der Waals surface area contributed by atoms with Gasteiger partial charge in [0.05, 0.1) is 12.7 Å². The topological polar surface area (TPSA) is 125 Å². The molecule has 0 radical (unpaired) electrons. The van der Waals surface area contributed by atoms with Crippen LogP contribution in [0.25, 0.3) is 0 Å². The quantitative estimate of drug-likeness (QED) is 0.191. The number of ether oxygens (including phenoxy) is 2. The van der Waals surface area contributed by atoms with E-state index in [1.54, 1.807) is 25.4 Å². The second kappa shape index (κ2) is 14.4. The molecule has 4 saturated carbocycles. The number of pyridine rings is 1. The van der Waals surface area contributed by atoms with Crippen LogP contribution in [-0.4, -0.2) is 59.7 Å². The molecule has 4 fully saturated rings. The highest BCUT2D eigenvalue weighted by Crippen LogP contribution is 2.76. The Bertz CT molecular complexity index is 1780. The van der Waals surface area contributed by atoms with Crippen molar-refractivity contribution in [1.29, 1.82) is 5.26 Å². The first-order chi connectivity index (χ1) is 26.0. The summed E-state index contributed by atoms with van der Waals surface area (Å²) in [5, 5.41) is 34.7.